The second kappa shape index (κ2) is 8.58. The summed E-state index contributed by atoms with van der Waals surface area (Å²) >= 11 is 1.59. The van der Waals surface area contributed by atoms with Gasteiger partial charge >= 0.3 is 0 Å². The Morgan fingerprint density at radius 3 is 2.46 bits per heavy atom. The number of nitrogens with zero attached hydrogens (tertiary/aromatic N) is 1. The Kier molecular flexibility index (Phi) is 5.96. The monoisotopic (exact) mass is 370 g/mol. The number of methoxy groups -OCH3 is 3. The summed E-state index contributed by atoms with van der Waals surface area (Å²) < 4.78 is 16.0. The van der Waals surface area contributed by atoms with Crippen LogP contribution < -0.4 is 19.5 Å². The molecule has 0 aliphatic rings. The van der Waals surface area contributed by atoms with E-state index in [-0.39, 0.29) is 0 Å². The molecule has 0 saturated heterocycles. The fourth-order valence-electron chi connectivity index (χ4n) is 2.68. The first-order valence-electron chi connectivity index (χ1n) is 8.29. The van der Waals surface area contributed by atoms with Crippen molar-refractivity contribution >= 4 is 16.5 Å². The van der Waals surface area contributed by atoms with Gasteiger partial charge in [-0.15, -0.1) is 11.3 Å². The molecule has 5 nitrogen and oxygen atoms in total. The first-order chi connectivity index (χ1) is 12.7. The topological polar surface area (TPSA) is 52.6 Å². The van der Waals surface area contributed by atoms with Crippen LogP contribution in [0.1, 0.15) is 5.56 Å². The van der Waals surface area contributed by atoms with Gasteiger partial charge in [-0.2, -0.15) is 0 Å². The molecule has 3 aromatic rings. The normalized spacial score (nSPS) is 10.4. The molecule has 1 N–H and O–H groups in total. The Labute approximate surface area is 157 Å². The lowest BCUT2D eigenvalue weighted by molar-refractivity contribution is 0.354. The average Bonchev–Trinajstić information content (AvgIpc) is 3.16. The Morgan fingerprint density at radius 1 is 0.923 bits per heavy atom. The molecule has 0 bridgehead atoms. The Morgan fingerprint density at radius 2 is 1.69 bits per heavy atom. The first kappa shape index (κ1) is 18.1. The van der Waals surface area contributed by atoms with Gasteiger partial charge in [-0.05, 0) is 36.2 Å². The van der Waals surface area contributed by atoms with E-state index in [9.17, 15) is 0 Å². The second-order valence-corrected chi connectivity index (χ2v) is 6.46. The third-order valence-corrected chi connectivity index (χ3v) is 4.82. The number of hydrogen-bond donors (Lipinski definition) is 1. The largest absolute Gasteiger partial charge is 0.496 e. The summed E-state index contributed by atoms with van der Waals surface area (Å²) in [5, 5.41) is 6.31. The molecule has 1 aromatic heterocycles. The number of anilines is 1. The Balaban J connectivity index is 1.62. The highest BCUT2D eigenvalue weighted by molar-refractivity contribution is 7.14. The summed E-state index contributed by atoms with van der Waals surface area (Å²) in [5.74, 6) is 2.32. The molecular weight excluding hydrogens is 348 g/mol. The van der Waals surface area contributed by atoms with E-state index in [1.807, 2.05) is 47.8 Å². The smallest absolute Gasteiger partial charge is 0.183 e. The third kappa shape index (κ3) is 4.08. The van der Waals surface area contributed by atoms with Crippen molar-refractivity contribution in [2.75, 3.05) is 33.2 Å². The van der Waals surface area contributed by atoms with Gasteiger partial charge in [0.25, 0.3) is 0 Å². The maximum absolute atomic E-state index is 5.41. The van der Waals surface area contributed by atoms with E-state index < -0.39 is 0 Å². The van der Waals surface area contributed by atoms with Crippen LogP contribution in [-0.2, 0) is 6.42 Å². The summed E-state index contributed by atoms with van der Waals surface area (Å²) in [6, 6.07) is 13.9. The summed E-state index contributed by atoms with van der Waals surface area (Å²) in [4.78, 5) is 4.66. The number of rotatable bonds is 8. The van der Waals surface area contributed by atoms with Crippen LogP contribution in [-0.4, -0.2) is 32.9 Å². The fourth-order valence-corrected chi connectivity index (χ4v) is 3.42. The minimum Gasteiger partial charge on any atom is -0.496 e. The molecule has 26 heavy (non-hydrogen) atoms. The van der Waals surface area contributed by atoms with Crippen LogP contribution in [0.2, 0.25) is 0 Å². The van der Waals surface area contributed by atoms with Gasteiger partial charge in [0.1, 0.15) is 5.75 Å². The number of hydrogen-bond acceptors (Lipinski definition) is 6. The van der Waals surface area contributed by atoms with E-state index in [1.54, 1.807) is 32.7 Å². The predicted molar refractivity (Wildman–Crippen MR) is 106 cm³/mol. The Bertz CT molecular complexity index is 864. The van der Waals surface area contributed by atoms with Crippen LogP contribution in [0, 0.1) is 0 Å². The summed E-state index contributed by atoms with van der Waals surface area (Å²) in [5.41, 5.74) is 3.09. The van der Waals surface area contributed by atoms with Gasteiger partial charge in [0.15, 0.2) is 16.6 Å². The van der Waals surface area contributed by atoms with Crippen molar-refractivity contribution in [2.24, 2.45) is 0 Å². The van der Waals surface area contributed by atoms with Gasteiger partial charge in [0.2, 0.25) is 0 Å². The molecule has 0 radical (unpaired) electrons. The zero-order valence-electron chi connectivity index (χ0n) is 15.1. The van der Waals surface area contributed by atoms with Gasteiger partial charge in [-0.1, -0.05) is 18.2 Å². The molecule has 6 heteroatoms. The molecule has 0 aliphatic carbocycles. The maximum Gasteiger partial charge on any atom is 0.183 e. The number of para-hydroxylation sites is 1. The summed E-state index contributed by atoms with van der Waals surface area (Å²) in [7, 11) is 4.96. The van der Waals surface area contributed by atoms with Gasteiger partial charge in [0.05, 0.1) is 27.0 Å². The average molecular weight is 370 g/mol. The SMILES string of the molecule is COc1ccc(CCNc2nc(-c3ccccc3OC)cs2)cc1OC. The van der Waals surface area contributed by atoms with Crippen molar-refractivity contribution < 1.29 is 14.2 Å². The van der Waals surface area contributed by atoms with E-state index in [1.165, 1.54) is 5.56 Å². The number of ether oxygens (including phenoxy) is 3. The maximum atomic E-state index is 5.41. The van der Waals surface area contributed by atoms with Gasteiger partial charge in [-0.25, -0.2) is 4.98 Å². The zero-order valence-corrected chi connectivity index (χ0v) is 15.9. The van der Waals surface area contributed by atoms with E-state index in [0.29, 0.717) is 0 Å². The van der Waals surface area contributed by atoms with Crippen LogP contribution in [0.3, 0.4) is 0 Å². The summed E-state index contributed by atoms with van der Waals surface area (Å²) in [6.07, 6.45) is 0.865. The van der Waals surface area contributed by atoms with E-state index in [2.05, 4.69) is 10.3 Å². The summed E-state index contributed by atoms with van der Waals surface area (Å²) in [6.45, 7) is 0.786. The molecule has 136 valence electrons. The first-order valence-corrected chi connectivity index (χ1v) is 9.16. The number of nitrogens with one attached hydrogen (secondary N) is 1. The number of thiazole rings is 1. The quantitative estimate of drug-likeness (QED) is 0.633. The highest BCUT2D eigenvalue weighted by Crippen LogP contribution is 2.32. The van der Waals surface area contributed by atoms with Crippen LogP contribution in [0.15, 0.2) is 47.8 Å². The van der Waals surface area contributed by atoms with Crippen molar-refractivity contribution in [3.63, 3.8) is 0 Å². The fraction of sp³-hybridized carbons (Fsp3) is 0.250. The van der Waals surface area contributed by atoms with Crippen LogP contribution in [0.25, 0.3) is 11.3 Å². The minimum atomic E-state index is 0.741. The minimum absolute atomic E-state index is 0.741. The third-order valence-electron chi connectivity index (χ3n) is 4.02. The standard InChI is InChI=1S/C20H22N2O3S/c1-23-17-7-5-4-6-15(17)16-13-26-20(22-16)21-11-10-14-8-9-18(24-2)19(12-14)25-3/h4-9,12-13H,10-11H2,1-3H3,(H,21,22). The van der Waals surface area contributed by atoms with Crippen LogP contribution in [0.5, 0.6) is 17.2 Å². The van der Waals surface area contributed by atoms with Gasteiger partial charge < -0.3 is 19.5 Å². The molecule has 1 heterocycles. The van der Waals surface area contributed by atoms with Crippen LogP contribution in [0.4, 0.5) is 5.13 Å². The molecular formula is C20H22N2O3S. The molecule has 2 aromatic carbocycles. The molecule has 3 rings (SSSR count). The molecule has 0 saturated carbocycles. The molecule has 0 fully saturated rings. The number of aromatic nitrogens is 1. The molecule has 0 amide bonds. The van der Waals surface area contributed by atoms with Crippen molar-refractivity contribution in [3.8, 4) is 28.5 Å². The van der Waals surface area contributed by atoms with Crippen molar-refractivity contribution in [1.29, 1.82) is 0 Å². The van der Waals surface area contributed by atoms with Crippen molar-refractivity contribution in [1.82, 2.24) is 4.98 Å². The van der Waals surface area contributed by atoms with Crippen molar-refractivity contribution in [3.05, 3.63) is 53.4 Å². The number of benzene rings is 2. The lowest BCUT2D eigenvalue weighted by atomic mass is 10.1. The van der Waals surface area contributed by atoms with Gasteiger partial charge in [-0.3, -0.25) is 0 Å². The zero-order chi connectivity index (χ0) is 18.4. The van der Waals surface area contributed by atoms with E-state index in [0.717, 1.165) is 46.6 Å². The highest BCUT2D eigenvalue weighted by Gasteiger charge is 2.09. The van der Waals surface area contributed by atoms with Crippen molar-refractivity contribution in [2.45, 2.75) is 6.42 Å². The lowest BCUT2D eigenvalue weighted by Gasteiger charge is -2.09. The van der Waals surface area contributed by atoms with Gasteiger partial charge in [0, 0.05) is 17.5 Å². The molecule has 0 spiro atoms. The van der Waals surface area contributed by atoms with E-state index >= 15 is 0 Å². The second-order valence-electron chi connectivity index (χ2n) is 5.60. The Hall–Kier alpha value is -2.73. The predicted octanol–water partition coefficient (Wildman–Crippen LogP) is 4.49. The molecule has 0 aliphatic heterocycles. The van der Waals surface area contributed by atoms with E-state index in [4.69, 9.17) is 14.2 Å². The molecule has 0 unspecified atom stereocenters. The lowest BCUT2D eigenvalue weighted by Crippen LogP contribution is -2.05. The highest BCUT2D eigenvalue weighted by atomic mass is 32.1. The molecule has 0 atom stereocenters. The van der Waals surface area contributed by atoms with Crippen LogP contribution >= 0.6 is 11.3 Å².